The molecule has 7 heteroatoms. The zero-order chi connectivity index (χ0) is 14.0. The lowest BCUT2D eigenvalue weighted by atomic mass is 10.3. The van der Waals surface area contributed by atoms with Crippen molar-refractivity contribution in [1.82, 2.24) is 9.97 Å². The molecule has 0 unspecified atom stereocenters. The van der Waals surface area contributed by atoms with Gasteiger partial charge in [-0.05, 0) is 46.6 Å². The second kappa shape index (κ2) is 5.86. The molecule has 0 saturated carbocycles. The highest BCUT2D eigenvalue weighted by Crippen LogP contribution is 2.20. The highest BCUT2D eigenvalue weighted by atomic mass is 79.9. The number of halogens is 3. The summed E-state index contributed by atoms with van der Waals surface area (Å²) in [5, 5.41) is 3.11. The van der Waals surface area contributed by atoms with Gasteiger partial charge in [0.15, 0.2) is 0 Å². The minimum absolute atomic E-state index is 0.0785. The predicted octanol–water partition coefficient (Wildman–Crippen LogP) is 4.11. The third kappa shape index (κ3) is 3.43. The number of carbonyl (C=O) groups is 1. The van der Waals surface area contributed by atoms with E-state index in [9.17, 15) is 4.79 Å². The van der Waals surface area contributed by atoms with Gasteiger partial charge >= 0.3 is 0 Å². The van der Waals surface area contributed by atoms with Gasteiger partial charge in [-0.1, -0.05) is 23.2 Å². The van der Waals surface area contributed by atoms with Gasteiger partial charge in [0.1, 0.15) is 15.5 Å². The lowest BCUT2D eigenvalue weighted by Crippen LogP contribution is -2.14. The third-order valence-corrected chi connectivity index (χ3v) is 3.65. The van der Waals surface area contributed by atoms with E-state index in [2.05, 4.69) is 31.2 Å². The van der Waals surface area contributed by atoms with Gasteiger partial charge in [0.05, 0.1) is 16.9 Å². The molecule has 2 rings (SSSR count). The van der Waals surface area contributed by atoms with Crippen LogP contribution in [0.2, 0.25) is 10.2 Å². The van der Waals surface area contributed by atoms with E-state index in [1.807, 2.05) is 6.92 Å². The number of aryl methyl sites for hydroxylation is 1. The molecule has 4 nitrogen and oxygen atoms in total. The van der Waals surface area contributed by atoms with Gasteiger partial charge in [0.2, 0.25) is 0 Å². The van der Waals surface area contributed by atoms with E-state index in [0.29, 0.717) is 5.69 Å². The summed E-state index contributed by atoms with van der Waals surface area (Å²) in [4.78, 5) is 20.0. The number of hydrogen-bond acceptors (Lipinski definition) is 3. The third-order valence-electron chi connectivity index (χ3n) is 2.30. The van der Waals surface area contributed by atoms with E-state index in [4.69, 9.17) is 23.2 Å². The molecule has 0 saturated heterocycles. The number of anilines is 1. The van der Waals surface area contributed by atoms with Crippen molar-refractivity contribution in [3.63, 3.8) is 0 Å². The average Bonchev–Trinajstić information content (AvgIpc) is 2.36. The Morgan fingerprint density at radius 3 is 2.79 bits per heavy atom. The Kier molecular flexibility index (Phi) is 4.39. The predicted molar refractivity (Wildman–Crippen MR) is 78.9 cm³/mol. The maximum Gasteiger partial charge on any atom is 0.275 e. The number of nitrogens with zero attached hydrogens (tertiary/aromatic N) is 2. The molecule has 0 atom stereocenters. The molecule has 98 valence electrons. The Morgan fingerprint density at radius 1 is 1.37 bits per heavy atom. The van der Waals surface area contributed by atoms with Crippen LogP contribution in [0.5, 0.6) is 0 Å². The molecule has 19 heavy (non-hydrogen) atoms. The van der Waals surface area contributed by atoms with Gasteiger partial charge in [-0.25, -0.2) is 9.97 Å². The summed E-state index contributed by atoms with van der Waals surface area (Å²) in [5.74, 6) is -0.434. The first-order valence-electron chi connectivity index (χ1n) is 5.23. The summed E-state index contributed by atoms with van der Waals surface area (Å²) in [6, 6.07) is 4.83. The highest BCUT2D eigenvalue weighted by Gasteiger charge is 2.13. The number of nitrogens with one attached hydrogen (secondary N) is 1. The van der Waals surface area contributed by atoms with E-state index in [-0.39, 0.29) is 15.9 Å². The molecule has 2 heterocycles. The summed E-state index contributed by atoms with van der Waals surface area (Å²) in [6.07, 6.45) is 1.54. The van der Waals surface area contributed by atoms with Gasteiger partial charge in [-0.3, -0.25) is 4.79 Å². The first kappa shape index (κ1) is 14.2. The van der Waals surface area contributed by atoms with Gasteiger partial charge in [-0.15, -0.1) is 0 Å². The molecule has 0 fully saturated rings. The van der Waals surface area contributed by atoms with Crippen LogP contribution in [0.1, 0.15) is 16.1 Å². The van der Waals surface area contributed by atoms with Crippen LogP contribution in [-0.4, -0.2) is 15.9 Å². The normalized spacial score (nSPS) is 10.3. The second-order valence-electron chi connectivity index (χ2n) is 3.75. The lowest BCUT2D eigenvalue weighted by molar-refractivity contribution is 0.102. The molecule has 2 aromatic heterocycles. The number of rotatable bonds is 2. The van der Waals surface area contributed by atoms with Crippen LogP contribution in [0.15, 0.2) is 29.0 Å². The van der Waals surface area contributed by atoms with Crippen LogP contribution >= 0.6 is 39.1 Å². The van der Waals surface area contributed by atoms with Gasteiger partial charge in [0.25, 0.3) is 5.91 Å². The van der Waals surface area contributed by atoms with Crippen molar-refractivity contribution in [2.45, 2.75) is 6.92 Å². The summed E-state index contributed by atoms with van der Waals surface area (Å²) >= 11 is 14.9. The molecule has 0 aliphatic heterocycles. The standard InChI is InChI=1S/C12H8BrCl2N3O/c1-6-4-7(5-16-11(6)13)17-12(19)10-8(14)2-3-9(15)18-10/h2-5H,1H3,(H,17,19). The minimum atomic E-state index is -0.434. The van der Waals surface area contributed by atoms with Crippen molar-refractivity contribution in [2.24, 2.45) is 0 Å². The molecule has 1 amide bonds. The van der Waals surface area contributed by atoms with Crippen molar-refractivity contribution in [3.05, 3.63) is 50.4 Å². The van der Waals surface area contributed by atoms with Gasteiger partial charge in [0, 0.05) is 0 Å². The SMILES string of the molecule is Cc1cc(NC(=O)c2nc(Cl)ccc2Cl)cnc1Br. The topological polar surface area (TPSA) is 54.9 Å². The fourth-order valence-electron chi connectivity index (χ4n) is 1.39. The van der Waals surface area contributed by atoms with Crippen molar-refractivity contribution < 1.29 is 4.79 Å². The fraction of sp³-hybridized carbons (Fsp3) is 0.0833. The first-order valence-corrected chi connectivity index (χ1v) is 6.78. The lowest BCUT2D eigenvalue weighted by Gasteiger charge is -2.07. The van der Waals surface area contributed by atoms with Crippen LogP contribution in [-0.2, 0) is 0 Å². The summed E-state index contributed by atoms with van der Waals surface area (Å²) < 4.78 is 0.726. The Hall–Kier alpha value is -1.17. The van der Waals surface area contributed by atoms with Crippen LogP contribution in [0, 0.1) is 6.92 Å². The van der Waals surface area contributed by atoms with E-state index >= 15 is 0 Å². The minimum Gasteiger partial charge on any atom is -0.319 e. The maximum absolute atomic E-state index is 12.0. The second-order valence-corrected chi connectivity index (χ2v) is 5.30. The quantitative estimate of drug-likeness (QED) is 0.820. The van der Waals surface area contributed by atoms with Gasteiger partial charge in [-0.2, -0.15) is 0 Å². The average molecular weight is 361 g/mol. The number of aromatic nitrogens is 2. The number of amides is 1. The molecule has 1 N–H and O–H groups in total. The Balaban J connectivity index is 2.25. The van der Waals surface area contributed by atoms with Crippen LogP contribution in [0.4, 0.5) is 5.69 Å². The van der Waals surface area contributed by atoms with Crippen LogP contribution < -0.4 is 5.32 Å². The molecule has 0 aliphatic carbocycles. The summed E-state index contributed by atoms with van der Waals surface area (Å²) in [6.45, 7) is 1.87. The Bertz CT molecular complexity index is 649. The van der Waals surface area contributed by atoms with Crippen molar-refractivity contribution in [3.8, 4) is 0 Å². The van der Waals surface area contributed by atoms with Crippen LogP contribution in [0.25, 0.3) is 0 Å². The zero-order valence-corrected chi connectivity index (χ0v) is 12.8. The molecule has 2 aromatic rings. The van der Waals surface area contributed by atoms with E-state index < -0.39 is 5.91 Å². The van der Waals surface area contributed by atoms with Crippen LogP contribution in [0.3, 0.4) is 0 Å². The van der Waals surface area contributed by atoms with Gasteiger partial charge < -0.3 is 5.32 Å². The Labute approximate surface area is 128 Å². The number of hydrogen-bond donors (Lipinski definition) is 1. The zero-order valence-electron chi connectivity index (χ0n) is 9.75. The monoisotopic (exact) mass is 359 g/mol. The van der Waals surface area contributed by atoms with Crippen molar-refractivity contribution in [2.75, 3.05) is 5.32 Å². The fourth-order valence-corrected chi connectivity index (χ4v) is 1.95. The first-order chi connectivity index (χ1) is 8.97. The molecule has 0 aromatic carbocycles. The van der Waals surface area contributed by atoms with E-state index in [1.54, 1.807) is 6.07 Å². The van der Waals surface area contributed by atoms with Crippen molar-refractivity contribution >= 4 is 50.7 Å². The molecular weight excluding hydrogens is 353 g/mol. The Morgan fingerprint density at radius 2 is 2.11 bits per heavy atom. The van der Waals surface area contributed by atoms with E-state index in [0.717, 1.165) is 10.2 Å². The molecule has 0 radical (unpaired) electrons. The highest BCUT2D eigenvalue weighted by molar-refractivity contribution is 9.10. The van der Waals surface area contributed by atoms with Crippen molar-refractivity contribution in [1.29, 1.82) is 0 Å². The molecular formula is C12H8BrCl2N3O. The number of pyridine rings is 2. The smallest absolute Gasteiger partial charge is 0.275 e. The molecule has 0 spiro atoms. The number of carbonyl (C=O) groups excluding carboxylic acids is 1. The molecule has 0 bridgehead atoms. The van der Waals surface area contributed by atoms with E-state index in [1.165, 1.54) is 18.3 Å². The maximum atomic E-state index is 12.0. The molecule has 0 aliphatic rings. The summed E-state index contributed by atoms with van der Waals surface area (Å²) in [7, 11) is 0. The largest absolute Gasteiger partial charge is 0.319 e. The summed E-state index contributed by atoms with van der Waals surface area (Å²) in [5.41, 5.74) is 1.54.